The van der Waals surface area contributed by atoms with Gasteiger partial charge in [-0.3, -0.25) is 4.79 Å². The van der Waals surface area contributed by atoms with Crippen LogP contribution in [0.5, 0.6) is 0 Å². The molecule has 0 aromatic carbocycles. The zero-order chi connectivity index (χ0) is 10.3. The van der Waals surface area contributed by atoms with E-state index in [1.165, 1.54) is 0 Å². The third kappa shape index (κ3) is 9.30. The first-order chi connectivity index (χ1) is 6.02. The average molecular weight is 187 g/mol. The highest BCUT2D eigenvalue weighted by atomic mass is 16.1. The van der Waals surface area contributed by atoms with Gasteiger partial charge in [-0.05, 0) is 14.1 Å². The highest BCUT2D eigenvalue weighted by Gasteiger charge is 2.00. The molecule has 0 aliphatic rings. The first-order valence-corrected chi connectivity index (χ1v) is 4.67. The molecule has 4 nitrogen and oxygen atoms in total. The predicted molar refractivity (Wildman–Crippen MR) is 54.7 cm³/mol. The van der Waals surface area contributed by atoms with Crippen molar-refractivity contribution in [2.45, 2.75) is 19.9 Å². The maximum absolute atomic E-state index is 11.1. The molecule has 13 heavy (non-hydrogen) atoms. The fraction of sp³-hybridized carbons (Fsp3) is 0.889. The number of hydrogen-bond donors (Lipinski definition) is 2. The third-order valence-corrected chi connectivity index (χ3v) is 1.46. The van der Waals surface area contributed by atoms with E-state index in [0.29, 0.717) is 19.1 Å². The average Bonchev–Trinajstić information content (AvgIpc) is 1.96. The Balaban J connectivity index is 3.27. The summed E-state index contributed by atoms with van der Waals surface area (Å²) in [5.41, 5.74) is 0. The van der Waals surface area contributed by atoms with Gasteiger partial charge in [-0.25, -0.2) is 0 Å². The van der Waals surface area contributed by atoms with Crippen molar-refractivity contribution in [2.75, 3.05) is 33.7 Å². The Hall–Kier alpha value is -0.610. The fourth-order valence-electron chi connectivity index (χ4n) is 0.906. The van der Waals surface area contributed by atoms with E-state index >= 15 is 0 Å². The number of nitrogens with one attached hydrogen (secondary N) is 2. The Morgan fingerprint density at radius 1 is 1.31 bits per heavy atom. The summed E-state index contributed by atoms with van der Waals surface area (Å²) in [6.07, 6.45) is 0. The molecule has 0 radical (unpaired) electrons. The Bertz CT molecular complexity index is 146. The summed E-state index contributed by atoms with van der Waals surface area (Å²) >= 11 is 0. The Labute approximate surface area is 80.7 Å². The number of likely N-dealkylation sites (N-methyl/N-ethyl adjacent to an activating group) is 1. The number of carbonyl (C=O) groups is 1. The van der Waals surface area contributed by atoms with Crippen LogP contribution in [0.4, 0.5) is 0 Å². The van der Waals surface area contributed by atoms with E-state index in [1.807, 2.05) is 19.0 Å². The van der Waals surface area contributed by atoms with Crippen LogP contribution in [-0.2, 0) is 4.79 Å². The van der Waals surface area contributed by atoms with Gasteiger partial charge >= 0.3 is 0 Å². The second-order valence-corrected chi connectivity index (χ2v) is 3.70. The van der Waals surface area contributed by atoms with Crippen molar-refractivity contribution < 1.29 is 4.79 Å². The van der Waals surface area contributed by atoms with Gasteiger partial charge in [0.2, 0.25) is 5.91 Å². The topological polar surface area (TPSA) is 44.4 Å². The molecule has 0 spiro atoms. The smallest absolute Gasteiger partial charge is 0.234 e. The number of carbonyl (C=O) groups excluding carboxylic acids is 1. The van der Waals surface area contributed by atoms with Gasteiger partial charge in [0.1, 0.15) is 0 Å². The van der Waals surface area contributed by atoms with Crippen molar-refractivity contribution >= 4 is 5.91 Å². The number of nitrogens with zero attached hydrogens (tertiary/aromatic N) is 1. The van der Waals surface area contributed by atoms with Crippen molar-refractivity contribution in [3.63, 3.8) is 0 Å². The summed E-state index contributed by atoms with van der Waals surface area (Å²) in [5.74, 6) is 0.0792. The van der Waals surface area contributed by atoms with Gasteiger partial charge in [-0.1, -0.05) is 13.8 Å². The van der Waals surface area contributed by atoms with Gasteiger partial charge in [0.15, 0.2) is 0 Å². The maximum atomic E-state index is 11.1. The zero-order valence-electron chi connectivity index (χ0n) is 9.05. The Morgan fingerprint density at radius 3 is 2.38 bits per heavy atom. The molecule has 0 fully saturated rings. The molecule has 2 N–H and O–H groups in total. The molecule has 0 heterocycles. The normalized spacial score (nSPS) is 10.9. The summed E-state index contributed by atoms with van der Waals surface area (Å²) in [7, 11) is 3.76. The quantitative estimate of drug-likeness (QED) is 0.559. The van der Waals surface area contributed by atoms with Crippen LogP contribution in [0.1, 0.15) is 13.8 Å². The van der Waals surface area contributed by atoms with Gasteiger partial charge in [0.05, 0.1) is 6.54 Å². The summed E-state index contributed by atoms with van der Waals surface area (Å²) in [4.78, 5) is 13.0. The number of amides is 1. The fourth-order valence-corrected chi connectivity index (χ4v) is 0.906. The van der Waals surface area contributed by atoms with Crippen LogP contribution in [0.25, 0.3) is 0 Å². The molecular weight excluding hydrogens is 166 g/mol. The van der Waals surface area contributed by atoms with E-state index in [0.717, 1.165) is 6.54 Å². The summed E-state index contributed by atoms with van der Waals surface area (Å²) < 4.78 is 0. The van der Waals surface area contributed by atoms with Crippen molar-refractivity contribution in [2.24, 2.45) is 0 Å². The van der Waals surface area contributed by atoms with Crippen molar-refractivity contribution in [1.29, 1.82) is 0 Å². The van der Waals surface area contributed by atoms with Gasteiger partial charge in [0.25, 0.3) is 0 Å². The first kappa shape index (κ1) is 12.4. The molecule has 4 heteroatoms. The van der Waals surface area contributed by atoms with E-state index in [1.54, 1.807) is 0 Å². The Kier molecular flexibility index (Phi) is 6.54. The SMILES string of the molecule is CC(C)NCCNC(=O)CN(C)C. The summed E-state index contributed by atoms with van der Waals surface area (Å²) in [5, 5.41) is 6.05. The third-order valence-electron chi connectivity index (χ3n) is 1.46. The lowest BCUT2D eigenvalue weighted by Gasteiger charge is -2.11. The van der Waals surface area contributed by atoms with Crippen molar-refractivity contribution in [3.05, 3.63) is 0 Å². The molecule has 0 unspecified atom stereocenters. The zero-order valence-corrected chi connectivity index (χ0v) is 9.05. The monoisotopic (exact) mass is 187 g/mol. The molecule has 0 bridgehead atoms. The van der Waals surface area contributed by atoms with Crippen LogP contribution >= 0.6 is 0 Å². The van der Waals surface area contributed by atoms with Crippen LogP contribution in [0.2, 0.25) is 0 Å². The minimum atomic E-state index is 0.0792. The summed E-state index contributed by atoms with van der Waals surface area (Å²) in [6, 6.07) is 0.478. The molecule has 0 aromatic rings. The lowest BCUT2D eigenvalue weighted by molar-refractivity contribution is -0.121. The van der Waals surface area contributed by atoms with Gasteiger partial charge < -0.3 is 15.5 Å². The summed E-state index contributed by atoms with van der Waals surface area (Å²) in [6.45, 7) is 6.16. The molecule has 0 aliphatic carbocycles. The molecule has 0 atom stereocenters. The van der Waals surface area contributed by atoms with E-state index in [2.05, 4.69) is 24.5 Å². The first-order valence-electron chi connectivity index (χ1n) is 4.67. The molecule has 1 amide bonds. The van der Waals surface area contributed by atoms with E-state index in [-0.39, 0.29) is 5.91 Å². The molecular formula is C9H21N3O. The second-order valence-electron chi connectivity index (χ2n) is 3.70. The van der Waals surface area contributed by atoms with E-state index in [4.69, 9.17) is 0 Å². The highest BCUT2D eigenvalue weighted by molar-refractivity contribution is 5.77. The lowest BCUT2D eigenvalue weighted by Crippen LogP contribution is -2.38. The Morgan fingerprint density at radius 2 is 1.92 bits per heavy atom. The van der Waals surface area contributed by atoms with Crippen LogP contribution in [-0.4, -0.2) is 50.6 Å². The van der Waals surface area contributed by atoms with Gasteiger partial charge in [-0.15, -0.1) is 0 Å². The molecule has 0 aliphatic heterocycles. The second kappa shape index (κ2) is 6.86. The van der Waals surface area contributed by atoms with Gasteiger partial charge in [0, 0.05) is 19.1 Å². The predicted octanol–water partition coefficient (Wildman–Crippen LogP) is -0.338. The lowest BCUT2D eigenvalue weighted by atomic mass is 10.4. The van der Waals surface area contributed by atoms with Gasteiger partial charge in [-0.2, -0.15) is 0 Å². The van der Waals surface area contributed by atoms with E-state index < -0.39 is 0 Å². The van der Waals surface area contributed by atoms with Crippen LogP contribution in [0.3, 0.4) is 0 Å². The molecule has 0 rings (SSSR count). The molecule has 0 aromatic heterocycles. The molecule has 0 saturated carbocycles. The van der Waals surface area contributed by atoms with Crippen LogP contribution in [0, 0.1) is 0 Å². The van der Waals surface area contributed by atoms with Crippen LogP contribution < -0.4 is 10.6 Å². The molecule has 0 saturated heterocycles. The minimum Gasteiger partial charge on any atom is -0.354 e. The standard InChI is InChI=1S/C9H21N3O/c1-8(2)10-5-6-11-9(13)7-12(3)4/h8,10H,5-7H2,1-4H3,(H,11,13). The molecule has 78 valence electrons. The largest absolute Gasteiger partial charge is 0.354 e. The van der Waals surface area contributed by atoms with Crippen molar-refractivity contribution in [1.82, 2.24) is 15.5 Å². The number of rotatable bonds is 6. The minimum absolute atomic E-state index is 0.0792. The van der Waals surface area contributed by atoms with Crippen LogP contribution in [0.15, 0.2) is 0 Å². The van der Waals surface area contributed by atoms with E-state index in [9.17, 15) is 4.79 Å². The maximum Gasteiger partial charge on any atom is 0.234 e. The number of hydrogen-bond acceptors (Lipinski definition) is 3. The van der Waals surface area contributed by atoms with Crippen molar-refractivity contribution in [3.8, 4) is 0 Å². The highest BCUT2D eigenvalue weighted by Crippen LogP contribution is 1.75.